The Morgan fingerprint density at radius 3 is 2.40 bits per heavy atom. The SMILES string of the molecule is CCOc1ccc(-c2c(Cl)ncn2-c2ccc(S(C)(=O)=O)nc2)cc1. The molecule has 3 aromatic rings. The standard InChI is InChI=1S/C17H16ClN3O3S/c1-3-24-14-7-4-12(5-8-14)16-17(18)20-11-21(16)13-6-9-15(19-10-13)25(2,22)23/h4-11H,3H2,1-2H3. The number of halogens is 1. The largest absolute Gasteiger partial charge is 0.494 e. The van der Waals surface area contributed by atoms with E-state index in [1.54, 1.807) is 17.0 Å². The van der Waals surface area contributed by atoms with Crippen molar-refractivity contribution in [2.24, 2.45) is 0 Å². The number of sulfone groups is 1. The summed E-state index contributed by atoms with van der Waals surface area (Å²) < 4.78 is 30.3. The molecule has 0 bridgehead atoms. The van der Waals surface area contributed by atoms with E-state index in [9.17, 15) is 8.42 Å². The molecule has 0 aliphatic carbocycles. The molecule has 6 nitrogen and oxygen atoms in total. The lowest BCUT2D eigenvalue weighted by atomic mass is 10.1. The first-order valence-corrected chi connectivity index (χ1v) is 9.79. The highest BCUT2D eigenvalue weighted by atomic mass is 35.5. The van der Waals surface area contributed by atoms with Crippen LogP contribution >= 0.6 is 11.6 Å². The van der Waals surface area contributed by atoms with Crippen molar-refractivity contribution in [1.82, 2.24) is 14.5 Å². The molecule has 130 valence electrons. The summed E-state index contributed by atoms with van der Waals surface area (Å²) in [6.07, 6.45) is 4.17. The Hall–Kier alpha value is -2.38. The zero-order valence-corrected chi connectivity index (χ0v) is 15.3. The van der Waals surface area contributed by atoms with E-state index in [-0.39, 0.29) is 5.03 Å². The van der Waals surface area contributed by atoms with Crippen LogP contribution < -0.4 is 4.74 Å². The van der Waals surface area contributed by atoms with E-state index in [1.165, 1.54) is 12.3 Å². The van der Waals surface area contributed by atoms with Gasteiger partial charge in [0.05, 0.1) is 24.2 Å². The van der Waals surface area contributed by atoms with Gasteiger partial charge in [-0.1, -0.05) is 11.6 Å². The number of hydrogen-bond donors (Lipinski definition) is 0. The molecule has 2 aromatic heterocycles. The Kier molecular flexibility index (Phi) is 4.78. The third-order valence-corrected chi connectivity index (χ3v) is 4.82. The minimum atomic E-state index is -3.35. The molecule has 0 saturated heterocycles. The lowest BCUT2D eigenvalue weighted by Crippen LogP contribution is -2.02. The minimum absolute atomic E-state index is 0.0186. The number of benzene rings is 1. The molecule has 0 aliphatic rings. The van der Waals surface area contributed by atoms with Gasteiger partial charge in [-0.15, -0.1) is 0 Å². The highest BCUT2D eigenvalue weighted by Crippen LogP contribution is 2.30. The molecule has 0 radical (unpaired) electrons. The summed E-state index contributed by atoms with van der Waals surface area (Å²) in [6.45, 7) is 2.52. The van der Waals surface area contributed by atoms with Gasteiger partial charge in [-0.3, -0.25) is 4.57 Å². The van der Waals surface area contributed by atoms with Crippen molar-refractivity contribution in [1.29, 1.82) is 0 Å². The third kappa shape index (κ3) is 3.67. The summed E-state index contributed by atoms with van der Waals surface area (Å²) in [4.78, 5) is 8.16. The molecule has 3 rings (SSSR count). The molecule has 25 heavy (non-hydrogen) atoms. The van der Waals surface area contributed by atoms with Crippen molar-refractivity contribution in [3.8, 4) is 22.7 Å². The number of rotatable bonds is 5. The van der Waals surface area contributed by atoms with Gasteiger partial charge < -0.3 is 4.74 Å². The second-order valence-electron chi connectivity index (χ2n) is 5.34. The number of ether oxygens (including phenoxy) is 1. The van der Waals surface area contributed by atoms with Crippen LogP contribution in [0.25, 0.3) is 16.9 Å². The summed E-state index contributed by atoms with van der Waals surface area (Å²) in [7, 11) is -3.35. The van der Waals surface area contributed by atoms with Crippen molar-refractivity contribution in [2.75, 3.05) is 12.9 Å². The lowest BCUT2D eigenvalue weighted by Gasteiger charge is -2.10. The van der Waals surface area contributed by atoms with Gasteiger partial charge in [-0.25, -0.2) is 18.4 Å². The minimum Gasteiger partial charge on any atom is -0.494 e. The number of imidazole rings is 1. The van der Waals surface area contributed by atoms with Crippen molar-refractivity contribution < 1.29 is 13.2 Å². The summed E-state index contributed by atoms with van der Waals surface area (Å²) in [5.74, 6) is 0.771. The Labute approximate surface area is 151 Å². The van der Waals surface area contributed by atoms with Crippen LogP contribution in [0.4, 0.5) is 0 Å². The molecule has 0 unspecified atom stereocenters. The second-order valence-corrected chi connectivity index (χ2v) is 7.66. The summed E-state index contributed by atoms with van der Waals surface area (Å²) in [5.41, 5.74) is 2.22. The fraction of sp³-hybridized carbons (Fsp3) is 0.176. The maximum Gasteiger partial charge on any atom is 0.192 e. The van der Waals surface area contributed by atoms with E-state index in [0.29, 0.717) is 23.1 Å². The number of hydrogen-bond acceptors (Lipinski definition) is 5. The average Bonchev–Trinajstić information content (AvgIpc) is 2.97. The van der Waals surface area contributed by atoms with Crippen LogP contribution in [0.15, 0.2) is 53.9 Å². The van der Waals surface area contributed by atoms with Gasteiger partial charge in [-0.05, 0) is 43.3 Å². The lowest BCUT2D eigenvalue weighted by molar-refractivity contribution is 0.340. The monoisotopic (exact) mass is 377 g/mol. The van der Waals surface area contributed by atoms with E-state index < -0.39 is 9.84 Å². The molecular weight excluding hydrogens is 362 g/mol. The van der Waals surface area contributed by atoms with E-state index in [0.717, 1.165) is 17.6 Å². The second kappa shape index (κ2) is 6.85. The predicted octanol–water partition coefficient (Wildman–Crippen LogP) is 3.39. The van der Waals surface area contributed by atoms with E-state index in [2.05, 4.69) is 9.97 Å². The first-order valence-electron chi connectivity index (χ1n) is 7.52. The Balaban J connectivity index is 2.02. The van der Waals surface area contributed by atoms with Crippen molar-refractivity contribution in [3.63, 3.8) is 0 Å². The normalized spacial score (nSPS) is 11.5. The van der Waals surface area contributed by atoms with Crippen molar-refractivity contribution in [3.05, 3.63) is 54.1 Å². The fourth-order valence-corrected chi connectivity index (χ4v) is 3.19. The van der Waals surface area contributed by atoms with Crippen LogP contribution in [0.2, 0.25) is 5.15 Å². The Morgan fingerprint density at radius 1 is 1.12 bits per heavy atom. The zero-order chi connectivity index (χ0) is 18.0. The molecule has 0 atom stereocenters. The summed E-state index contributed by atoms with van der Waals surface area (Å²) >= 11 is 6.25. The molecule has 0 spiro atoms. The van der Waals surface area contributed by atoms with Crippen LogP contribution in [0.1, 0.15) is 6.92 Å². The maximum atomic E-state index is 11.5. The topological polar surface area (TPSA) is 74.1 Å². The molecule has 1 aromatic carbocycles. The van der Waals surface area contributed by atoms with Crippen LogP contribution in [0.5, 0.6) is 5.75 Å². The molecule has 0 fully saturated rings. The van der Waals surface area contributed by atoms with Gasteiger partial charge in [0.15, 0.2) is 20.0 Å². The number of nitrogens with zero attached hydrogens (tertiary/aromatic N) is 3. The zero-order valence-electron chi connectivity index (χ0n) is 13.7. The highest BCUT2D eigenvalue weighted by molar-refractivity contribution is 7.90. The average molecular weight is 378 g/mol. The van der Waals surface area contributed by atoms with Crippen LogP contribution in [-0.4, -0.2) is 35.8 Å². The molecule has 0 N–H and O–H groups in total. The smallest absolute Gasteiger partial charge is 0.192 e. The quantitative estimate of drug-likeness (QED) is 0.681. The molecule has 8 heteroatoms. The molecule has 2 heterocycles. The summed E-state index contributed by atoms with van der Waals surface area (Å²) in [5, 5.41) is 0.362. The summed E-state index contributed by atoms with van der Waals surface area (Å²) in [6, 6.07) is 10.6. The molecular formula is C17H16ClN3O3S. The first kappa shape index (κ1) is 17.4. The van der Waals surface area contributed by atoms with E-state index in [1.807, 2.05) is 31.2 Å². The fourth-order valence-electron chi connectivity index (χ4n) is 2.39. The van der Waals surface area contributed by atoms with Gasteiger partial charge in [0.1, 0.15) is 12.1 Å². The maximum absolute atomic E-state index is 11.5. The van der Waals surface area contributed by atoms with Crippen LogP contribution in [0, 0.1) is 0 Å². The Morgan fingerprint density at radius 2 is 1.84 bits per heavy atom. The molecule has 0 amide bonds. The first-order chi connectivity index (χ1) is 11.9. The van der Waals surface area contributed by atoms with Gasteiger partial charge in [0.25, 0.3) is 0 Å². The van der Waals surface area contributed by atoms with Crippen molar-refractivity contribution in [2.45, 2.75) is 11.9 Å². The van der Waals surface area contributed by atoms with Crippen LogP contribution in [-0.2, 0) is 9.84 Å². The highest BCUT2D eigenvalue weighted by Gasteiger charge is 2.15. The van der Waals surface area contributed by atoms with Gasteiger partial charge in [-0.2, -0.15) is 0 Å². The predicted molar refractivity (Wildman–Crippen MR) is 96.1 cm³/mol. The van der Waals surface area contributed by atoms with E-state index in [4.69, 9.17) is 16.3 Å². The Bertz CT molecular complexity index is 981. The van der Waals surface area contributed by atoms with Gasteiger partial charge in [0, 0.05) is 11.8 Å². The van der Waals surface area contributed by atoms with E-state index >= 15 is 0 Å². The number of aromatic nitrogens is 3. The van der Waals surface area contributed by atoms with Gasteiger partial charge >= 0.3 is 0 Å². The third-order valence-electron chi connectivity index (χ3n) is 3.54. The molecule has 0 saturated carbocycles. The van der Waals surface area contributed by atoms with Gasteiger partial charge in [0.2, 0.25) is 0 Å². The number of pyridine rings is 1. The van der Waals surface area contributed by atoms with Crippen LogP contribution in [0.3, 0.4) is 0 Å². The molecule has 0 aliphatic heterocycles. The van der Waals surface area contributed by atoms with Crippen molar-refractivity contribution >= 4 is 21.4 Å².